The largest absolute Gasteiger partial charge is 0.469 e. The molecule has 1 aliphatic rings. The van der Waals surface area contributed by atoms with Crippen molar-refractivity contribution >= 4 is 28.3 Å². The first-order valence-corrected chi connectivity index (χ1v) is 9.93. The van der Waals surface area contributed by atoms with E-state index in [2.05, 4.69) is 20.0 Å². The van der Waals surface area contributed by atoms with Gasteiger partial charge in [0, 0.05) is 43.5 Å². The number of ether oxygens (including phenoxy) is 1. The molecule has 1 saturated heterocycles. The molecule has 0 saturated carbocycles. The van der Waals surface area contributed by atoms with Crippen LogP contribution in [0.1, 0.15) is 0 Å². The van der Waals surface area contributed by atoms with Crippen LogP contribution in [0, 0.1) is 0 Å². The van der Waals surface area contributed by atoms with Crippen molar-refractivity contribution in [3.8, 4) is 28.5 Å². The van der Waals surface area contributed by atoms with Crippen molar-refractivity contribution in [2.45, 2.75) is 6.10 Å². The standard InChI is InChI=1S/C21H20ClN7O/c1-28-10-14(11-28)30-21-20(23)25-19(16-5-7-29(2)27-16)18(26-21)13-8-12-4-3-6-24-17(12)15(22)9-13/h3-9,14H,10-11H2,1-2H3,(H2,23,25). The highest BCUT2D eigenvalue weighted by atomic mass is 35.5. The van der Waals surface area contributed by atoms with Gasteiger partial charge in [0.15, 0.2) is 5.82 Å². The molecule has 0 unspecified atom stereocenters. The van der Waals surface area contributed by atoms with Crippen LogP contribution in [0.5, 0.6) is 5.88 Å². The van der Waals surface area contributed by atoms with E-state index in [1.54, 1.807) is 10.9 Å². The van der Waals surface area contributed by atoms with Gasteiger partial charge >= 0.3 is 0 Å². The predicted octanol–water partition coefficient (Wildman–Crippen LogP) is 3.02. The zero-order valence-electron chi connectivity index (χ0n) is 16.6. The number of nitrogens with zero attached hydrogens (tertiary/aromatic N) is 6. The number of halogens is 1. The van der Waals surface area contributed by atoms with Crippen LogP contribution in [-0.2, 0) is 7.05 Å². The van der Waals surface area contributed by atoms with E-state index in [1.165, 1.54) is 0 Å². The van der Waals surface area contributed by atoms with E-state index in [0.29, 0.717) is 28.0 Å². The Bertz CT molecular complexity index is 1250. The average Bonchev–Trinajstić information content (AvgIpc) is 3.14. The molecule has 0 aliphatic carbocycles. The molecule has 4 aromatic rings. The first-order chi connectivity index (χ1) is 14.5. The fourth-order valence-electron chi connectivity index (χ4n) is 3.60. The molecular weight excluding hydrogens is 402 g/mol. The maximum atomic E-state index is 6.53. The minimum atomic E-state index is 0.0459. The van der Waals surface area contributed by atoms with Crippen LogP contribution in [0.2, 0.25) is 5.02 Å². The molecule has 0 amide bonds. The summed E-state index contributed by atoms with van der Waals surface area (Å²) in [5, 5.41) is 5.94. The van der Waals surface area contributed by atoms with Crippen molar-refractivity contribution in [3.05, 3.63) is 47.7 Å². The zero-order valence-corrected chi connectivity index (χ0v) is 17.3. The molecule has 0 bridgehead atoms. The number of rotatable bonds is 4. The summed E-state index contributed by atoms with van der Waals surface area (Å²) in [6.07, 6.45) is 3.62. The van der Waals surface area contributed by atoms with Gasteiger partial charge in [0.25, 0.3) is 5.88 Å². The number of hydrogen-bond donors (Lipinski definition) is 1. The van der Waals surface area contributed by atoms with Crippen molar-refractivity contribution in [1.82, 2.24) is 29.6 Å². The van der Waals surface area contributed by atoms with E-state index in [-0.39, 0.29) is 11.9 Å². The van der Waals surface area contributed by atoms with Crippen LogP contribution < -0.4 is 10.5 Å². The number of fused-ring (bicyclic) bond motifs is 1. The summed E-state index contributed by atoms with van der Waals surface area (Å²) < 4.78 is 7.73. The van der Waals surface area contributed by atoms with Crippen molar-refractivity contribution in [2.24, 2.45) is 7.05 Å². The van der Waals surface area contributed by atoms with E-state index >= 15 is 0 Å². The molecule has 1 fully saturated rings. The molecule has 8 nitrogen and oxygen atoms in total. The lowest BCUT2D eigenvalue weighted by atomic mass is 10.0. The van der Waals surface area contributed by atoms with E-state index in [4.69, 9.17) is 27.1 Å². The van der Waals surface area contributed by atoms with Gasteiger partial charge in [0.05, 0.1) is 10.5 Å². The summed E-state index contributed by atoms with van der Waals surface area (Å²) in [6, 6.07) is 9.54. The quantitative estimate of drug-likeness (QED) is 0.541. The topological polar surface area (TPSA) is 95.0 Å². The van der Waals surface area contributed by atoms with Crippen molar-refractivity contribution < 1.29 is 4.74 Å². The number of aromatic nitrogens is 5. The van der Waals surface area contributed by atoms with Crippen LogP contribution in [0.15, 0.2) is 42.7 Å². The van der Waals surface area contributed by atoms with Gasteiger partial charge in [-0.2, -0.15) is 5.10 Å². The first-order valence-electron chi connectivity index (χ1n) is 9.55. The van der Waals surface area contributed by atoms with Crippen LogP contribution in [0.3, 0.4) is 0 Å². The fourth-order valence-corrected chi connectivity index (χ4v) is 3.88. The molecule has 0 radical (unpaired) electrons. The highest BCUT2D eigenvalue weighted by Crippen LogP contribution is 2.36. The number of nitrogen functional groups attached to an aromatic ring is 1. The van der Waals surface area contributed by atoms with Gasteiger partial charge in [0.2, 0.25) is 0 Å². The Balaban J connectivity index is 1.68. The third-order valence-electron chi connectivity index (χ3n) is 5.09. The Kier molecular flexibility index (Phi) is 4.52. The summed E-state index contributed by atoms with van der Waals surface area (Å²) >= 11 is 6.53. The second kappa shape index (κ2) is 7.23. The Morgan fingerprint density at radius 2 is 1.97 bits per heavy atom. The van der Waals surface area contributed by atoms with Crippen molar-refractivity contribution in [3.63, 3.8) is 0 Å². The molecule has 152 valence electrons. The molecule has 1 aliphatic heterocycles. The van der Waals surface area contributed by atoms with Crippen LogP contribution in [-0.4, -0.2) is 55.9 Å². The van der Waals surface area contributed by atoms with E-state index in [0.717, 1.165) is 29.6 Å². The molecular formula is C21H20ClN7O. The Hall–Kier alpha value is -3.23. The normalized spacial score (nSPS) is 14.8. The Morgan fingerprint density at radius 3 is 2.70 bits per heavy atom. The summed E-state index contributed by atoms with van der Waals surface area (Å²) in [7, 11) is 3.89. The monoisotopic (exact) mass is 421 g/mol. The maximum Gasteiger partial charge on any atom is 0.258 e. The smallest absolute Gasteiger partial charge is 0.258 e. The molecule has 1 aromatic carbocycles. The molecule has 5 rings (SSSR count). The summed E-state index contributed by atoms with van der Waals surface area (Å²) in [6.45, 7) is 1.65. The van der Waals surface area contributed by atoms with Crippen molar-refractivity contribution in [1.29, 1.82) is 0 Å². The second-order valence-electron chi connectivity index (χ2n) is 7.48. The van der Waals surface area contributed by atoms with Gasteiger partial charge in [-0.15, -0.1) is 0 Å². The minimum Gasteiger partial charge on any atom is -0.469 e. The number of likely N-dealkylation sites (N-methyl/N-ethyl adjacent to an activating group) is 1. The molecule has 4 heterocycles. The number of nitrogens with two attached hydrogens (primary N) is 1. The van der Waals surface area contributed by atoms with Gasteiger partial charge < -0.3 is 10.5 Å². The zero-order chi connectivity index (χ0) is 20.8. The van der Waals surface area contributed by atoms with E-state index in [1.807, 2.05) is 50.6 Å². The van der Waals surface area contributed by atoms with Crippen LogP contribution in [0.25, 0.3) is 33.5 Å². The van der Waals surface area contributed by atoms with Gasteiger partial charge in [-0.1, -0.05) is 17.7 Å². The Labute approximate surface area is 178 Å². The lowest BCUT2D eigenvalue weighted by Crippen LogP contribution is -2.51. The predicted molar refractivity (Wildman–Crippen MR) is 116 cm³/mol. The fraction of sp³-hybridized carbons (Fsp3) is 0.238. The molecule has 30 heavy (non-hydrogen) atoms. The third-order valence-corrected chi connectivity index (χ3v) is 5.37. The number of anilines is 1. The van der Waals surface area contributed by atoms with Crippen LogP contribution in [0.4, 0.5) is 5.82 Å². The highest BCUT2D eigenvalue weighted by molar-refractivity contribution is 6.35. The SMILES string of the molecule is CN1CC(Oc2nc(-c3cc(Cl)c4ncccc4c3)c(-c3ccn(C)n3)nc2N)C1. The molecule has 0 spiro atoms. The Morgan fingerprint density at radius 1 is 1.13 bits per heavy atom. The molecule has 0 atom stereocenters. The van der Waals surface area contributed by atoms with E-state index < -0.39 is 0 Å². The van der Waals surface area contributed by atoms with Crippen molar-refractivity contribution in [2.75, 3.05) is 25.9 Å². The summed E-state index contributed by atoms with van der Waals surface area (Å²) in [5.41, 5.74) is 9.60. The number of aryl methyl sites for hydroxylation is 1. The second-order valence-corrected chi connectivity index (χ2v) is 7.89. The highest BCUT2D eigenvalue weighted by Gasteiger charge is 2.27. The first kappa shape index (κ1) is 18.8. The lowest BCUT2D eigenvalue weighted by Gasteiger charge is -2.35. The lowest BCUT2D eigenvalue weighted by molar-refractivity contribution is 0.0360. The molecule has 2 N–H and O–H groups in total. The molecule has 3 aromatic heterocycles. The van der Waals surface area contributed by atoms with Gasteiger partial charge in [-0.05, 0) is 31.3 Å². The molecule has 9 heteroatoms. The van der Waals surface area contributed by atoms with Gasteiger partial charge in [-0.3, -0.25) is 14.6 Å². The minimum absolute atomic E-state index is 0.0459. The third kappa shape index (κ3) is 3.34. The number of hydrogen-bond acceptors (Lipinski definition) is 7. The number of benzene rings is 1. The van der Waals surface area contributed by atoms with Gasteiger partial charge in [0.1, 0.15) is 23.2 Å². The average molecular weight is 422 g/mol. The maximum absolute atomic E-state index is 6.53. The van der Waals surface area contributed by atoms with Crippen LogP contribution >= 0.6 is 11.6 Å². The summed E-state index contributed by atoms with van der Waals surface area (Å²) in [5.74, 6) is 0.563. The number of likely N-dealkylation sites (tertiary alicyclic amines) is 1. The number of pyridine rings is 1. The van der Waals surface area contributed by atoms with Gasteiger partial charge in [-0.25, -0.2) is 9.97 Å². The van der Waals surface area contributed by atoms with E-state index in [9.17, 15) is 0 Å². The summed E-state index contributed by atoms with van der Waals surface area (Å²) in [4.78, 5) is 15.9.